The number of hydrogen-bond donors (Lipinski definition) is 1. The normalized spacial score (nSPS) is 22.4. The van der Waals surface area contributed by atoms with Crippen LogP contribution in [0.1, 0.15) is 17.2 Å². The summed E-state index contributed by atoms with van der Waals surface area (Å²) in [6.45, 7) is 3.45. The van der Waals surface area contributed by atoms with Crippen molar-refractivity contribution in [3.05, 3.63) is 47.7 Å². The fraction of sp³-hybridized carbons (Fsp3) is 0.375. The van der Waals surface area contributed by atoms with Crippen molar-refractivity contribution in [1.29, 1.82) is 0 Å². The molecule has 1 N–H and O–H groups in total. The van der Waals surface area contributed by atoms with Crippen molar-refractivity contribution in [3.63, 3.8) is 0 Å². The van der Waals surface area contributed by atoms with Gasteiger partial charge in [-0.25, -0.2) is 0 Å². The molecule has 1 aromatic carbocycles. The number of nitrogens with zero attached hydrogens (tertiary/aromatic N) is 2. The first kappa shape index (κ1) is 13.8. The summed E-state index contributed by atoms with van der Waals surface area (Å²) in [7, 11) is 2.05. The first-order valence-electron chi connectivity index (χ1n) is 7.11. The van der Waals surface area contributed by atoms with Gasteiger partial charge in [0.1, 0.15) is 5.76 Å². The second-order valence-electron chi connectivity index (χ2n) is 5.66. The Hall–Kier alpha value is -2.14. The monoisotopic (exact) mass is 285 g/mol. The van der Waals surface area contributed by atoms with Crippen LogP contribution in [-0.4, -0.2) is 36.1 Å². The maximum Gasteiger partial charge on any atom is 0.230 e. The number of aryl methyl sites for hydroxylation is 1. The standard InChI is InChI=1S/C16H19N3O2/c1-11-8-15(18-21-11)17-16(20)14-10-19(2)9-13(14)12-6-4-3-5-7-12/h3-8,13-14H,9-10H2,1-2H3,(H,17,18,20)/t13-,14+/m1/s1. The maximum atomic E-state index is 12.5. The number of nitrogens with one attached hydrogen (secondary N) is 1. The first-order chi connectivity index (χ1) is 10.1. The fourth-order valence-corrected chi connectivity index (χ4v) is 2.95. The summed E-state index contributed by atoms with van der Waals surface area (Å²) in [5.74, 6) is 1.31. The number of carbonyl (C=O) groups excluding carboxylic acids is 1. The van der Waals surface area contributed by atoms with Gasteiger partial charge < -0.3 is 14.7 Å². The molecule has 0 radical (unpaired) electrons. The molecule has 0 unspecified atom stereocenters. The molecule has 2 heterocycles. The average molecular weight is 285 g/mol. The summed E-state index contributed by atoms with van der Waals surface area (Å²) in [6, 6.07) is 11.9. The number of hydrogen-bond acceptors (Lipinski definition) is 4. The lowest BCUT2D eigenvalue weighted by molar-refractivity contribution is -0.119. The number of likely N-dealkylation sites (N-methyl/N-ethyl adjacent to an activating group) is 1. The first-order valence-corrected chi connectivity index (χ1v) is 7.11. The van der Waals surface area contributed by atoms with Gasteiger partial charge in [-0.15, -0.1) is 0 Å². The van der Waals surface area contributed by atoms with Gasteiger partial charge in [-0.2, -0.15) is 0 Å². The molecule has 110 valence electrons. The third-order valence-corrected chi connectivity index (χ3v) is 3.95. The van der Waals surface area contributed by atoms with Gasteiger partial charge in [0.15, 0.2) is 5.82 Å². The Balaban J connectivity index is 1.77. The van der Waals surface area contributed by atoms with Crippen LogP contribution in [0.5, 0.6) is 0 Å². The fourth-order valence-electron chi connectivity index (χ4n) is 2.95. The molecule has 1 saturated heterocycles. The van der Waals surface area contributed by atoms with E-state index in [2.05, 4.69) is 27.5 Å². The Kier molecular flexibility index (Phi) is 3.75. The van der Waals surface area contributed by atoms with Gasteiger partial charge in [0, 0.05) is 25.1 Å². The molecule has 1 aliphatic rings. The second-order valence-corrected chi connectivity index (χ2v) is 5.66. The average Bonchev–Trinajstić information content (AvgIpc) is 3.06. The SMILES string of the molecule is Cc1cc(NC(=O)[C@H]2CN(C)C[C@@H]2c2ccccc2)no1. The van der Waals surface area contributed by atoms with Crippen LogP contribution in [0.15, 0.2) is 40.9 Å². The Morgan fingerprint density at radius 3 is 2.76 bits per heavy atom. The minimum Gasteiger partial charge on any atom is -0.360 e. The number of rotatable bonds is 3. The van der Waals surface area contributed by atoms with E-state index in [1.54, 1.807) is 13.0 Å². The summed E-state index contributed by atoms with van der Waals surface area (Å²) in [5.41, 5.74) is 1.21. The highest BCUT2D eigenvalue weighted by molar-refractivity contribution is 5.92. The van der Waals surface area contributed by atoms with Crippen molar-refractivity contribution in [2.75, 3.05) is 25.5 Å². The lowest BCUT2D eigenvalue weighted by atomic mass is 9.88. The molecule has 1 aliphatic heterocycles. The number of aromatic nitrogens is 1. The highest BCUT2D eigenvalue weighted by atomic mass is 16.5. The molecule has 1 fully saturated rings. The number of carbonyl (C=O) groups is 1. The van der Waals surface area contributed by atoms with Crippen LogP contribution < -0.4 is 5.32 Å². The molecule has 1 aromatic heterocycles. The Labute approximate surface area is 123 Å². The number of anilines is 1. The van der Waals surface area contributed by atoms with Crippen LogP contribution in [-0.2, 0) is 4.79 Å². The zero-order valence-corrected chi connectivity index (χ0v) is 12.2. The van der Waals surface area contributed by atoms with Crippen molar-refractivity contribution in [3.8, 4) is 0 Å². The zero-order valence-electron chi connectivity index (χ0n) is 12.2. The quantitative estimate of drug-likeness (QED) is 0.940. The van der Waals surface area contributed by atoms with E-state index >= 15 is 0 Å². The molecule has 2 atom stereocenters. The van der Waals surface area contributed by atoms with E-state index in [1.807, 2.05) is 25.2 Å². The van der Waals surface area contributed by atoms with Crippen LogP contribution in [0.25, 0.3) is 0 Å². The van der Waals surface area contributed by atoms with Gasteiger partial charge in [-0.3, -0.25) is 4.79 Å². The smallest absolute Gasteiger partial charge is 0.230 e. The summed E-state index contributed by atoms with van der Waals surface area (Å²) in [4.78, 5) is 14.7. The lowest BCUT2D eigenvalue weighted by Crippen LogP contribution is -2.28. The largest absolute Gasteiger partial charge is 0.360 e. The molecule has 0 saturated carbocycles. The Bertz CT molecular complexity index is 623. The summed E-state index contributed by atoms with van der Waals surface area (Å²) in [5, 5.41) is 6.68. The van der Waals surface area contributed by atoms with Crippen molar-refractivity contribution in [2.45, 2.75) is 12.8 Å². The van der Waals surface area contributed by atoms with E-state index in [9.17, 15) is 4.79 Å². The third kappa shape index (κ3) is 2.97. The molecule has 3 rings (SSSR count). The van der Waals surface area contributed by atoms with Crippen molar-refractivity contribution < 1.29 is 9.32 Å². The van der Waals surface area contributed by atoms with Crippen LogP contribution in [0.3, 0.4) is 0 Å². The number of benzene rings is 1. The molecular formula is C16H19N3O2. The van der Waals surface area contributed by atoms with Crippen LogP contribution >= 0.6 is 0 Å². The van der Waals surface area contributed by atoms with E-state index < -0.39 is 0 Å². The number of amides is 1. The molecular weight excluding hydrogens is 266 g/mol. The van der Waals surface area contributed by atoms with E-state index in [-0.39, 0.29) is 17.7 Å². The summed E-state index contributed by atoms with van der Waals surface area (Å²) in [6.07, 6.45) is 0. The Morgan fingerprint density at radius 1 is 1.33 bits per heavy atom. The molecule has 1 amide bonds. The van der Waals surface area contributed by atoms with E-state index in [0.717, 1.165) is 13.1 Å². The minimum atomic E-state index is -0.0746. The molecule has 0 bridgehead atoms. The van der Waals surface area contributed by atoms with Crippen LogP contribution in [0.2, 0.25) is 0 Å². The van der Waals surface area contributed by atoms with E-state index in [4.69, 9.17) is 4.52 Å². The van der Waals surface area contributed by atoms with Crippen LogP contribution in [0, 0.1) is 12.8 Å². The molecule has 0 aliphatic carbocycles. The van der Waals surface area contributed by atoms with Gasteiger partial charge in [-0.05, 0) is 19.5 Å². The molecule has 21 heavy (non-hydrogen) atoms. The Morgan fingerprint density at radius 2 is 2.10 bits per heavy atom. The third-order valence-electron chi connectivity index (χ3n) is 3.95. The van der Waals surface area contributed by atoms with Crippen molar-refractivity contribution in [1.82, 2.24) is 10.1 Å². The minimum absolute atomic E-state index is 0.00139. The molecule has 5 heteroatoms. The highest BCUT2D eigenvalue weighted by Crippen LogP contribution is 2.32. The predicted molar refractivity (Wildman–Crippen MR) is 80.0 cm³/mol. The van der Waals surface area contributed by atoms with E-state index in [1.165, 1.54) is 5.56 Å². The van der Waals surface area contributed by atoms with E-state index in [0.29, 0.717) is 11.6 Å². The maximum absolute atomic E-state index is 12.5. The summed E-state index contributed by atoms with van der Waals surface area (Å²) >= 11 is 0. The van der Waals surface area contributed by atoms with Crippen molar-refractivity contribution in [2.24, 2.45) is 5.92 Å². The molecule has 0 spiro atoms. The highest BCUT2D eigenvalue weighted by Gasteiger charge is 2.37. The predicted octanol–water partition coefficient (Wildman–Crippen LogP) is 2.27. The van der Waals surface area contributed by atoms with Gasteiger partial charge >= 0.3 is 0 Å². The number of likely N-dealkylation sites (tertiary alicyclic amines) is 1. The van der Waals surface area contributed by atoms with Crippen LogP contribution in [0.4, 0.5) is 5.82 Å². The topological polar surface area (TPSA) is 58.4 Å². The molecule has 2 aromatic rings. The molecule has 5 nitrogen and oxygen atoms in total. The van der Waals surface area contributed by atoms with Crippen molar-refractivity contribution >= 4 is 11.7 Å². The van der Waals surface area contributed by atoms with Gasteiger partial charge in [0.2, 0.25) is 5.91 Å². The van der Waals surface area contributed by atoms with Gasteiger partial charge in [-0.1, -0.05) is 35.5 Å². The second kappa shape index (κ2) is 5.69. The zero-order chi connectivity index (χ0) is 14.8. The lowest BCUT2D eigenvalue weighted by Gasteiger charge is -2.17. The van der Waals surface area contributed by atoms with Gasteiger partial charge in [0.05, 0.1) is 5.92 Å². The van der Waals surface area contributed by atoms with Gasteiger partial charge in [0.25, 0.3) is 0 Å². The summed E-state index contributed by atoms with van der Waals surface area (Å²) < 4.78 is 4.99.